The summed E-state index contributed by atoms with van der Waals surface area (Å²) in [4.78, 5) is 43.4. The SMILES string of the molecule is CCOC(=O)C1=C(C)N=c2s/c(=C/c3ccc(OCc4cccc(C(=O)O)c4)c(OC)c3)c(=O)n2C1c1ccc(OC)cc1. The second-order valence-corrected chi connectivity index (χ2v) is 10.8. The molecule has 3 aromatic carbocycles. The molecule has 226 valence electrons. The predicted molar refractivity (Wildman–Crippen MR) is 164 cm³/mol. The molecule has 0 bridgehead atoms. The molecular weight excluding hydrogens is 584 g/mol. The molecule has 2 heterocycles. The number of aromatic nitrogens is 1. The van der Waals surface area contributed by atoms with Crippen LogP contribution < -0.4 is 29.1 Å². The summed E-state index contributed by atoms with van der Waals surface area (Å²) in [6, 6.07) is 18.2. The zero-order valence-corrected chi connectivity index (χ0v) is 25.3. The van der Waals surface area contributed by atoms with Gasteiger partial charge in [-0.25, -0.2) is 14.6 Å². The van der Waals surface area contributed by atoms with E-state index in [1.165, 1.54) is 29.1 Å². The molecule has 0 saturated heterocycles. The van der Waals surface area contributed by atoms with Crippen molar-refractivity contribution in [3.8, 4) is 17.2 Å². The van der Waals surface area contributed by atoms with Crippen molar-refractivity contribution >= 4 is 29.4 Å². The minimum absolute atomic E-state index is 0.142. The molecule has 1 aliphatic heterocycles. The van der Waals surface area contributed by atoms with Gasteiger partial charge in [0.25, 0.3) is 5.56 Å². The van der Waals surface area contributed by atoms with Crippen LogP contribution in [0.3, 0.4) is 0 Å². The van der Waals surface area contributed by atoms with Gasteiger partial charge in [0.1, 0.15) is 12.4 Å². The number of hydrogen-bond donors (Lipinski definition) is 1. The number of carboxylic acid groups (broad SMARTS) is 1. The number of fused-ring (bicyclic) bond motifs is 1. The van der Waals surface area contributed by atoms with Crippen LogP contribution in [0.5, 0.6) is 17.2 Å². The number of rotatable bonds is 10. The maximum atomic E-state index is 13.9. The van der Waals surface area contributed by atoms with Crippen LogP contribution in [0.2, 0.25) is 0 Å². The van der Waals surface area contributed by atoms with E-state index in [1.54, 1.807) is 75.6 Å². The van der Waals surface area contributed by atoms with Crippen LogP contribution in [0.15, 0.2) is 87.8 Å². The first-order valence-electron chi connectivity index (χ1n) is 13.7. The molecule has 1 aliphatic rings. The Balaban J connectivity index is 1.51. The Labute approximate surface area is 256 Å². The Kier molecular flexibility index (Phi) is 8.96. The molecule has 0 fully saturated rings. The van der Waals surface area contributed by atoms with Crippen molar-refractivity contribution in [1.29, 1.82) is 0 Å². The standard InChI is InChI=1S/C33H30N2O8S/c1-5-42-32(39)28-19(2)34-33-35(29(28)22-10-12-24(40-3)13-11-22)30(36)27(44-33)17-20-9-14-25(26(16-20)41-4)43-18-21-7-6-8-23(15-21)31(37)38/h6-17,29H,5,18H2,1-4H3,(H,37,38)/b27-17+. The average Bonchev–Trinajstić information content (AvgIpc) is 3.33. The van der Waals surface area contributed by atoms with Crippen molar-refractivity contribution in [3.05, 3.63) is 120 Å². The van der Waals surface area contributed by atoms with Gasteiger partial charge in [-0.15, -0.1) is 0 Å². The molecule has 1 unspecified atom stereocenters. The highest BCUT2D eigenvalue weighted by atomic mass is 32.1. The van der Waals surface area contributed by atoms with E-state index < -0.39 is 18.0 Å². The molecule has 4 aromatic rings. The zero-order chi connectivity index (χ0) is 31.4. The van der Waals surface area contributed by atoms with E-state index in [0.717, 1.165) is 0 Å². The molecule has 10 nitrogen and oxygen atoms in total. The number of carbonyl (C=O) groups excluding carboxylic acids is 1. The summed E-state index contributed by atoms with van der Waals surface area (Å²) in [5.74, 6) is 0.00808. The number of esters is 1. The lowest BCUT2D eigenvalue weighted by atomic mass is 9.96. The van der Waals surface area contributed by atoms with E-state index in [-0.39, 0.29) is 24.3 Å². The van der Waals surface area contributed by atoms with E-state index in [1.807, 2.05) is 12.1 Å². The average molecular weight is 615 g/mol. The predicted octanol–water partition coefficient (Wildman–Crippen LogP) is 4.09. The van der Waals surface area contributed by atoms with E-state index in [9.17, 15) is 19.5 Å². The maximum Gasteiger partial charge on any atom is 0.338 e. The molecule has 1 aromatic heterocycles. The third-order valence-electron chi connectivity index (χ3n) is 7.00. The number of thiazole rings is 1. The lowest BCUT2D eigenvalue weighted by Gasteiger charge is -2.24. The van der Waals surface area contributed by atoms with Gasteiger partial charge in [0.05, 0.1) is 48.2 Å². The van der Waals surface area contributed by atoms with Gasteiger partial charge >= 0.3 is 11.9 Å². The van der Waals surface area contributed by atoms with Crippen molar-refractivity contribution in [2.24, 2.45) is 4.99 Å². The molecule has 0 spiro atoms. The van der Waals surface area contributed by atoms with Crippen LogP contribution in [-0.2, 0) is 16.1 Å². The van der Waals surface area contributed by atoms with Crippen LogP contribution >= 0.6 is 11.3 Å². The Morgan fingerprint density at radius 1 is 1.02 bits per heavy atom. The van der Waals surface area contributed by atoms with Gasteiger partial charge < -0.3 is 24.1 Å². The number of benzene rings is 3. The molecule has 0 saturated carbocycles. The third-order valence-corrected chi connectivity index (χ3v) is 7.99. The van der Waals surface area contributed by atoms with Crippen LogP contribution in [-0.4, -0.2) is 42.4 Å². The lowest BCUT2D eigenvalue weighted by molar-refractivity contribution is -0.139. The van der Waals surface area contributed by atoms with Crippen molar-refractivity contribution in [2.45, 2.75) is 26.5 Å². The molecule has 5 rings (SSSR count). The first kappa shape index (κ1) is 30.3. The second kappa shape index (κ2) is 13.0. The first-order valence-corrected chi connectivity index (χ1v) is 14.5. The smallest absolute Gasteiger partial charge is 0.338 e. The van der Waals surface area contributed by atoms with Gasteiger partial charge in [-0.1, -0.05) is 41.7 Å². The molecule has 0 radical (unpaired) electrons. The number of aromatic carboxylic acids is 1. The lowest BCUT2D eigenvalue weighted by Crippen LogP contribution is -2.39. The first-order chi connectivity index (χ1) is 21.2. The molecule has 0 amide bonds. The monoisotopic (exact) mass is 614 g/mol. The van der Waals surface area contributed by atoms with Gasteiger partial charge in [0.15, 0.2) is 16.3 Å². The number of carboxylic acids is 1. The van der Waals surface area contributed by atoms with E-state index in [2.05, 4.69) is 4.99 Å². The normalized spacial score (nSPS) is 14.5. The molecule has 0 aliphatic carbocycles. The topological polar surface area (TPSA) is 126 Å². The van der Waals surface area contributed by atoms with Crippen molar-refractivity contribution in [1.82, 2.24) is 4.57 Å². The summed E-state index contributed by atoms with van der Waals surface area (Å²) >= 11 is 1.22. The van der Waals surface area contributed by atoms with Crippen molar-refractivity contribution < 1.29 is 33.6 Å². The van der Waals surface area contributed by atoms with E-state index >= 15 is 0 Å². The van der Waals surface area contributed by atoms with Gasteiger partial charge in [-0.2, -0.15) is 0 Å². The summed E-state index contributed by atoms with van der Waals surface area (Å²) in [5.41, 5.74) is 2.75. The van der Waals surface area contributed by atoms with Crippen LogP contribution in [0, 0.1) is 0 Å². The Bertz CT molecular complexity index is 1940. The summed E-state index contributed by atoms with van der Waals surface area (Å²) < 4.78 is 24.1. The molecular formula is C33H30N2O8S. The van der Waals surface area contributed by atoms with Crippen LogP contribution in [0.25, 0.3) is 6.08 Å². The summed E-state index contributed by atoms with van der Waals surface area (Å²) in [5, 5.41) is 9.24. The zero-order valence-electron chi connectivity index (χ0n) is 24.5. The fourth-order valence-electron chi connectivity index (χ4n) is 4.89. The Morgan fingerprint density at radius 3 is 2.48 bits per heavy atom. The second-order valence-electron chi connectivity index (χ2n) is 9.78. The Hall–Kier alpha value is -5.16. The van der Waals surface area contributed by atoms with Crippen molar-refractivity contribution in [3.63, 3.8) is 0 Å². The number of nitrogens with zero attached hydrogens (tertiary/aromatic N) is 2. The fourth-order valence-corrected chi connectivity index (χ4v) is 5.94. The quantitative estimate of drug-likeness (QED) is 0.265. The highest BCUT2D eigenvalue weighted by molar-refractivity contribution is 7.07. The Morgan fingerprint density at radius 2 is 1.80 bits per heavy atom. The highest BCUT2D eigenvalue weighted by Crippen LogP contribution is 2.32. The van der Waals surface area contributed by atoms with Crippen LogP contribution in [0.1, 0.15) is 46.9 Å². The molecule has 11 heteroatoms. The number of carbonyl (C=O) groups is 2. The summed E-state index contributed by atoms with van der Waals surface area (Å²) in [7, 11) is 3.08. The third kappa shape index (κ3) is 6.13. The minimum Gasteiger partial charge on any atom is -0.497 e. The maximum absolute atomic E-state index is 13.9. The largest absolute Gasteiger partial charge is 0.497 e. The number of ether oxygens (including phenoxy) is 4. The van der Waals surface area contributed by atoms with Gasteiger partial charge in [0, 0.05) is 0 Å². The molecule has 1 N–H and O–H groups in total. The van der Waals surface area contributed by atoms with Crippen molar-refractivity contribution in [2.75, 3.05) is 20.8 Å². The molecule has 1 atom stereocenters. The minimum atomic E-state index is -1.01. The fraction of sp³-hybridized carbons (Fsp3) is 0.212. The van der Waals surface area contributed by atoms with E-state index in [4.69, 9.17) is 18.9 Å². The number of allylic oxidation sites excluding steroid dienone is 1. The van der Waals surface area contributed by atoms with Gasteiger partial charge in [-0.3, -0.25) is 9.36 Å². The number of hydrogen-bond acceptors (Lipinski definition) is 9. The molecule has 44 heavy (non-hydrogen) atoms. The summed E-state index contributed by atoms with van der Waals surface area (Å²) in [6.45, 7) is 3.79. The van der Waals surface area contributed by atoms with Gasteiger partial charge in [-0.05, 0) is 73.0 Å². The van der Waals surface area contributed by atoms with E-state index in [0.29, 0.717) is 54.5 Å². The van der Waals surface area contributed by atoms with Crippen LogP contribution in [0.4, 0.5) is 0 Å². The summed E-state index contributed by atoms with van der Waals surface area (Å²) in [6.07, 6.45) is 1.74. The highest BCUT2D eigenvalue weighted by Gasteiger charge is 2.33. The number of methoxy groups -OCH3 is 2. The van der Waals surface area contributed by atoms with Gasteiger partial charge in [0.2, 0.25) is 0 Å².